The Morgan fingerprint density at radius 3 is 2.93 bits per heavy atom. The van der Waals surface area contributed by atoms with Gasteiger partial charge in [0.1, 0.15) is 5.82 Å². The van der Waals surface area contributed by atoms with Gasteiger partial charge in [0.15, 0.2) is 0 Å². The first kappa shape index (κ1) is 18.3. The van der Waals surface area contributed by atoms with E-state index in [9.17, 15) is 9.18 Å². The van der Waals surface area contributed by atoms with Crippen LogP contribution in [-0.2, 0) is 17.6 Å². The van der Waals surface area contributed by atoms with Gasteiger partial charge in [-0.25, -0.2) is 4.39 Å². The third-order valence-electron chi connectivity index (χ3n) is 5.02. The Morgan fingerprint density at radius 2 is 2.11 bits per heavy atom. The van der Waals surface area contributed by atoms with Crippen molar-refractivity contribution >= 4 is 5.91 Å². The van der Waals surface area contributed by atoms with Gasteiger partial charge >= 0.3 is 0 Å². The summed E-state index contributed by atoms with van der Waals surface area (Å²) < 4.78 is 18.7. The van der Waals surface area contributed by atoms with Crippen molar-refractivity contribution in [3.8, 4) is 11.4 Å². The molecule has 1 saturated heterocycles. The molecule has 1 aliphatic rings. The lowest BCUT2D eigenvalue weighted by Gasteiger charge is -2.24. The molecule has 3 aromatic rings. The molecule has 0 saturated carbocycles. The molecule has 1 amide bonds. The van der Waals surface area contributed by atoms with Gasteiger partial charge in [-0.2, -0.15) is 4.98 Å². The topological polar surface area (TPSA) is 72.1 Å². The van der Waals surface area contributed by atoms with E-state index in [2.05, 4.69) is 15.1 Å². The molecule has 1 unspecified atom stereocenters. The van der Waals surface area contributed by atoms with Crippen LogP contribution in [0.3, 0.4) is 0 Å². The normalized spacial score (nSPS) is 16.5. The maximum atomic E-state index is 13.4. The maximum absolute atomic E-state index is 13.4. The second kappa shape index (κ2) is 8.29. The van der Waals surface area contributed by atoms with Crippen LogP contribution >= 0.6 is 0 Å². The third kappa shape index (κ3) is 4.24. The molecule has 0 radical (unpaired) electrons. The van der Waals surface area contributed by atoms with Crippen LogP contribution in [0.2, 0.25) is 0 Å². The van der Waals surface area contributed by atoms with E-state index in [1.807, 2.05) is 11.0 Å². The van der Waals surface area contributed by atoms with E-state index in [4.69, 9.17) is 4.52 Å². The van der Waals surface area contributed by atoms with Gasteiger partial charge in [0.25, 0.3) is 0 Å². The lowest BCUT2D eigenvalue weighted by atomic mass is 10.0. The zero-order valence-corrected chi connectivity index (χ0v) is 15.4. The van der Waals surface area contributed by atoms with Crippen LogP contribution in [0.25, 0.3) is 11.4 Å². The van der Waals surface area contributed by atoms with E-state index in [0.717, 1.165) is 30.5 Å². The third-order valence-corrected chi connectivity index (χ3v) is 5.02. The largest absolute Gasteiger partial charge is 0.339 e. The number of rotatable bonds is 6. The minimum Gasteiger partial charge on any atom is -0.339 e. The molecule has 0 spiro atoms. The van der Waals surface area contributed by atoms with Gasteiger partial charge in [-0.15, -0.1) is 0 Å². The Labute approximate surface area is 162 Å². The van der Waals surface area contributed by atoms with Crippen molar-refractivity contribution < 1.29 is 13.7 Å². The Hall–Kier alpha value is -3.09. The summed E-state index contributed by atoms with van der Waals surface area (Å²) in [6.07, 6.45) is 6.64. The fourth-order valence-corrected chi connectivity index (χ4v) is 3.64. The number of carbonyl (C=O) groups is 1. The quantitative estimate of drug-likeness (QED) is 0.655. The Balaban J connectivity index is 1.35. The number of aromatic nitrogens is 3. The summed E-state index contributed by atoms with van der Waals surface area (Å²) in [5.74, 6) is 0.772. The fraction of sp³-hybridized carbons (Fsp3) is 0.333. The Bertz CT molecular complexity index is 944. The van der Waals surface area contributed by atoms with Crippen LogP contribution in [0, 0.1) is 5.82 Å². The molecule has 3 heterocycles. The molecule has 0 N–H and O–H groups in total. The van der Waals surface area contributed by atoms with Crippen LogP contribution in [0.1, 0.15) is 30.7 Å². The van der Waals surface area contributed by atoms with Gasteiger partial charge < -0.3 is 9.42 Å². The first-order valence-corrected chi connectivity index (χ1v) is 9.46. The summed E-state index contributed by atoms with van der Waals surface area (Å²) in [5, 5.41) is 3.97. The standard InChI is InChI=1S/C21H21FN4O2/c22-17-4-1-3-15(13-17)14-18-5-2-12-26(18)20(27)7-6-19-24-21(25-28-19)16-8-10-23-11-9-16/h1,3-4,8-11,13,18H,2,5-7,12,14H2. The van der Waals surface area contributed by atoms with Gasteiger partial charge in [0, 0.05) is 43.4 Å². The number of halogens is 1. The zero-order chi connectivity index (χ0) is 19.3. The summed E-state index contributed by atoms with van der Waals surface area (Å²) in [6.45, 7) is 0.741. The number of pyridine rings is 1. The predicted molar refractivity (Wildman–Crippen MR) is 101 cm³/mol. The van der Waals surface area contributed by atoms with E-state index in [1.165, 1.54) is 6.07 Å². The molecular weight excluding hydrogens is 359 g/mol. The van der Waals surface area contributed by atoms with Crippen molar-refractivity contribution in [3.63, 3.8) is 0 Å². The minimum atomic E-state index is -0.241. The van der Waals surface area contributed by atoms with E-state index >= 15 is 0 Å². The summed E-state index contributed by atoms with van der Waals surface area (Å²) in [5.41, 5.74) is 1.75. The second-order valence-corrected chi connectivity index (χ2v) is 6.96. The SMILES string of the molecule is O=C(CCc1nc(-c2ccncc2)no1)N1CCCC1Cc1cccc(F)c1. The first-order valence-electron chi connectivity index (χ1n) is 9.46. The van der Waals surface area contributed by atoms with Gasteiger partial charge in [-0.1, -0.05) is 17.3 Å². The van der Waals surface area contributed by atoms with E-state index < -0.39 is 0 Å². The minimum absolute atomic E-state index is 0.0718. The van der Waals surface area contributed by atoms with Crippen LogP contribution < -0.4 is 0 Å². The maximum Gasteiger partial charge on any atom is 0.227 e. The molecule has 1 aliphatic heterocycles. The highest BCUT2D eigenvalue weighted by Gasteiger charge is 2.28. The summed E-state index contributed by atoms with van der Waals surface area (Å²) in [4.78, 5) is 22.9. The average Bonchev–Trinajstić information content (AvgIpc) is 3.36. The number of benzene rings is 1. The molecule has 144 valence electrons. The lowest BCUT2D eigenvalue weighted by Crippen LogP contribution is -2.37. The zero-order valence-electron chi connectivity index (χ0n) is 15.4. The fourth-order valence-electron chi connectivity index (χ4n) is 3.64. The number of hydrogen-bond donors (Lipinski definition) is 0. The number of likely N-dealkylation sites (tertiary alicyclic amines) is 1. The van der Waals surface area contributed by atoms with Crippen molar-refractivity contribution in [2.75, 3.05) is 6.54 Å². The highest BCUT2D eigenvalue weighted by molar-refractivity contribution is 5.77. The number of carbonyl (C=O) groups excluding carboxylic acids is 1. The highest BCUT2D eigenvalue weighted by Crippen LogP contribution is 2.23. The predicted octanol–water partition coefficient (Wildman–Crippen LogP) is 3.44. The Kier molecular flexibility index (Phi) is 5.41. The first-order chi connectivity index (χ1) is 13.7. The number of nitrogens with zero attached hydrogens (tertiary/aromatic N) is 4. The number of amides is 1. The molecule has 7 heteroatoms. The molecule has 1 aromatic carbocycles. The average molecular weight is 380 g/mol. The smallest absolute Gasteiger partial charge is 0.227 e. The highest BCUT2D eigenvalue weighted by atomic mass is 19.1. The van der Waals surface area contributed by atoms with Gasteiger partial charge in [-0.3, -0.25) is 9.78 Å². The molecule has 28 heavy (non-hydrogen) atoms. The number of hydrogen-bond acceptors (Lipinski definition) is 5. The molecule has 1 fully saturated rings. The van der Waals surface area contributed by atoms with Crippen LogP contribution in [-0.4, -0.2) is 38.5 Å². The molecule has 2 aromatic heterocycles. The molecular formula is C21H21FN4O2. The molecule has 0 bridgehead atoms. The van der Waals surface area contributed by atoms with E-state index in [1.54, 1.807) is 36.7 Å². The summed E-state index contributed by atoms with van der Waals surface area (Å²) in [6, 6.07) is 10.3. The summed E-state index contributed by atoms with van der Waals surface area (Å²) in [7, 11) is 0. The number of aryl methyl sites for hydroxylation is 1. The van der Waals surface area contributed by atoms with Crippen molar-refractivity contribution in [3.05, 3.63) is 66.1 Å². The van der Waals surface area contributed by atoms with Crippen LogP contribution in [0.15, 0.2) is 53.3 Å². The van der Waals surface area contributed by atoms with Crippen molar-refractivity contribution in [2.24, 2.45) is 0 Å². The lowest BCUT2D eigenvalue weighted by molar-refractivity contribution is -0.132. The molecule has 6 nitrogen and oxygen atoms in total. The van der Waals surface area contributed by atoms with E-state index in [-0.39, 0.29) is 17.8 Å². The summed E-state index contributed by atoms with van der Waals surface area (Å²) >= 11 is 0. The van der Waals surface area contributed by atoms with Crippen molar-refractivity contribution in [1.82, 2.24) is 20.0 Å². The molecule has 4 rings (SSSR count). The monoisotopic (exact) mass is 380 g/mol. The van der Waals surface area contributed by atoms with Crippen LogP contribution in [0.4, 0.5) is 4.39 Å². The van der Waals surface area contributed by atoms with Gasteiger partial charge in [0.2, 0.25) is 17.6 Å². The van der Waals surface area contributed by atoms with Crippen LogP contribution in [0.5, 0.6) is 0 Å². The Morgan fingerprint density at radius 1 is 1.25 bits per heavy atom. The second-order valence-electron chi connectivity index (χ2n) is 6.96. The van der Waals surface area contributed by atoms with E-state index in [0.29, 0.717) is 31.0 Å². The van der Waals surface area contributed by atoms with Crippen molar-refractivity contribution in [2.45, 2.75) is 38.1 Å². The molecule has 1 atom stereocenters. The van der Waals surface area contributed by atoms with Crippen molar-refractivity contribution in [1.29, 1.82) is 0 Å². The van der Waals surface area contributed by atoms with Gasteiger partial charge in [0.05, 0.1) is 0 Å². The molecule has 0 aliphatic carbocycles. The van der Waals surface area contributed by atoms with Gasteiger partial charge in [-0.05, 0) is 49.1 Å².